The third-order valence-electron chi connectivity index (χ3n) is 10.1. The molecule has 0 aliphatic rings. The van der Waals surface area contributed by atoms with E-state index in [-0.39, 0.29) is 27.9 Å². The fourth-order valence-corrected chi connectivity index (χ4v) is 14.7. The minimum atomic E-state index is -0.690. The summed E-state index contributed by atoms with van der Waals surface area (Å²) in [5.41, 5.74) is 3.12. The van der Waals surface area contributed by atoms with Gasteiger partial charge in [-0.25, -0.2) is 6.07 Å². The van der Waals surface area contributed by atoms with Crippen molar-refractivity contribution in [2.75, 3.05) is 0 Å². The van der Waals surface area contributed by atoms with E-state index in [1.54, 1.807) is 0 Å². The molecule has 58 heavy (non-hydrogen) atoms. The molecule has 8 rings (SSSR count). The Morgan fingerprint density at radius 3 is 0.897 bits per heavy atom. The summed E-state index contributed by atoms with van der Waals surface area (Å²) in [6, 6.07) is 78.1. The predicted molar refractivity (Wildman–Crippen MR) is 258 cm³/mol. The molecule has 0 aliphatic heterocycles. The van der Waals surface area contributed by atoms with E-state index in [1.807, 2.05) is 0 Å². The quantitative estimate of drug-likeness (QED) is 0.0771. The van der Waals surface area contributed by atoms with Crippen molar-refractivity contribution in [1.29, 1.82) is 0 Å². The molecule has 0 heterocycles. The van der Waals surface area contributed by atoms with E-state index in [9.17, 15) is 0 Å². The fraction of sp³-hybridized carbons (Fsp3) is 0.148. The monoisotopic (exact) mass is 850 g/mol. The average molecular weight is 851 g/mol. The largest absolute Gasteiger partial charge is 2.00 e. The molecular weight excluding hydrogens is 797 g/mol. The molecule has 0 aliphatic carbocycles. The number of hydrogen-bond acceptors (Lipinski definition) is 0. The van der Waals surface area contributed by atoms with Crippen LogP contribution in [0.1, 0.15) is 52.7 Å². The summed E-state index contributed by atoms with van der Waals surface area (Å²) in [5.74, 6) is 0. The molecule has 0 fully saturated rings. The van der Waals surface area contributed by atoms with E-state index in [4.69, 9.17) is 0 Å². The summed E-state index contributed by atoms with van der Waals surface area (Å²) in [4.78, 5) is 0. The van der Waals surface area contributed by atoms with Gasteiger partial charge in [-0.3, -0.25) is 0 Å². The Morgan fingerprint density at radius 1 is 0.379 bits per heavy atom. The van der Waals surface area contributed by atoms with Gasteiger partial charge in [-0.2, -0.15) is 51.3 Å². The maximum Gasteiger partial charge on any atom is 2.00 e. The van der Waals surface area contributed by atoms with Crippen LogP contribution in [0.3, 0.4) is 0 Å². The summed E-state index contributed by atoms with van der Waals surface area (Å²) in [6.07, 6.45) is 0. The molecule has 0 saturated heterocycles. The maximum atomic E-state index is 2.52. The standard InChI is InChI=1S/C33H31P2.C21H22P.Fe/c1-33(2,3)26-24-31(34(27-16-8-4-9-17-27)28-18-10-5-11-19-28)32(25-26)35(29-20-12-6-13-21-29)30-22-14-7-15-23-30;1-21(2,3)17-14-15-20(16-17)22(18-10-6-4-7-11-18)19-12-8-5-9-13-19;/h4-25H,1-3H3;4-16H,1-3H3;/q2*-1;+2. The zero-order valence-electron chi connectivity index (χ0n) is 34.4. The predicted octanol–water partition coefficient (Wildman–Crippen LogP) is 10.7. The second-order valence-corrected chi connectivity index (χ2v) is 23.0. The first-order valence-electron chi connectivity index (χ1n) is 19.9. The maximum absolute atomic E-state index is 2.52. The van der Waals surface area contributed by atoms with Gasteiger partial charge in [-0.1, -0.05) is 253 Å². The van der Waals surface area contributed by atoms with Crippen LogP contribution in [0.4, 0.5) is 0 Å². The molecule has 0 bridgehead atoms. The third kappa shape index (κ3) is 10.5. The topological polar surface area (TPSA) is 0 Å². The van der Waals surface area contributed by atoms with E-state index in [2.05, 4.69) is 254 Å². The normalized spacial score (nSPS) is 11.6. The van der Waals surface area contributed by atoms with Gasteiger partial charge in [0.2, 0.25) is 0 Å². The van der Waals surface area contributed by atoms with Crippen LogP contribution in [0.2, 0.25) is 0 Å². The molecule has 0 unspecified atom stereocenters. The minimum absolute atomic E-state index is 0. The van der Waals surface area contributed by atoms with E-state index < -0.39 is 23.8 Å². The van der Waals surface area contributed by atoms with Crippen molar-refractivity contribution in [3.63, 3.8) is 0 Å². The van der Waals surface area contributed by atoms with Crippen LogP contribution >= 0.6 is 23.8 Å². The minimum Gasteiger partial charge on any atom is -0.202 e. The molecule has 4 heteroatoms. The van der Waals surface area contributed by atoms with Crippen LogP contribution in [0.15, 0.2) is 212 Å². The Bertz CT molecular complexity index is 2190. The van der Waals surface area contributed by atoms with Crippen molar-refractivity contribution in [3.05, 3.63) is 223 Å². The molecule has 8 aromatic rings. The van der Waals surface area contributed by atoms with Crippen LogP contribution < -0.4 is 47.7 Å². The van der Waals surface area contributed by atoms with Gasteiger partial charge < -0.3 is 0 Å². The van der Waals surface area contributed by atoms with Gasteiger partial charge in [0.25, 0.3) is 0 Å². The molecule has 0 radical (unpaired) electrons. The van der Waals surface area contributed by atoms with Crippen LogP contribution in [0, 0.1) is 0 Å². The van der Waals surface area contributed by atoms with Gasteiger partial charge in [-0.15, -0.1) is 0 Å². The molecule has 292 valence electrons. The summed E-state index contributed by atoms with van der Waals surface area (Å²) in [6.45, 7) is 13.8. The zero-order valence-corrected chi connectivity index (χ0v) is 38.2. The average Bonchev–Trinajstić information content (AvgIpc) is 3.91. The molecule has 8 aromatic carbocycles. The van der Waals surface area contributed by atoms with Gasteiger partial charge >= 0.3 is 17.1 Å². The molecule has 0 saturated carbocycles. The summed E-state index contributed by atoms with van der Waals surface area (Å²) in [7, 11) is -1.85. The molecular formula is C54H53FeP3. The fourth-order valence-electron chi connectivity index (χ4n) is 7.08. The Morgan fingerprint density at radius 2 is 0.655 bits per heavy atom. The Hall–Kier alpha value is -4.17. The van der Waals surface area contributed by atoms with Gasteiger partial charge in [0, 0.05) is 0 Å². The number of rotatable bonds is 9. The van der Waals surface area contributed by atoms with Crippen molar-refractivity contribution in [2.45, 2.75) is 52.4 Å². The first kappa shape index (κ1) is 43.4. The summed E-state index contributed by atoms with van der Waals surface area (Å²) >= 11 is 0. The molecule has 0 N–H and O–H groups in total. The van der Waals surface area contributed by atoms with Crippen LogP contribution in [-0.4, -0.2) is 0 Å². The van der Waals surface area contributed by atoms with Gasteiger partial charge in [0.15, 0.2) is 0 Å². The third-order valence-corrected chi connectivity index (χ3v) is 17.7. The summed E-state index contributed by atoms with van der Waals surface area (Å²) < 4.78 is 0. The van der Waals surface area contributed by atoms with Gasteiger partial charge in [0.05, 0.1) is 0 Å². The second-order valence-electron chi connectivity index (χ2n) is 16.4. The molecule has 0 amide bonds. The first-order chi connectivity index (χ1) is 27.6. The SMILES string of the molecule is CC(C)(C)[c-]1cc(P(c2ccccc2)c2ccccc2)c(P(c2ccccc2)c2ccccc2)c1.CC(C)(C)c1cc(P(c2ccccc2)c2ccccc2)c[cH-]1.[Fe+2]. The van der Waals surface area contributed by atoms with Crippen molar-refractivity contribution < 1.29 is 17.1 Å². The number of benzene rings is 6. The van der Waals surface area contributed by atoms with Crippen molar-refractivity contribution in [1.82, 2.24) is 0 Å². The Balaban J connectivity index is 0.000000213. The summed E-state index contributed by atoms with van der Waals surface area (Å²) in [5, 5.41) is 12.8. The number of hydrogen-bond donors (Lipinski definition) is 0. The van der Waals surface area contributed by atoms with Crippen LogP contribution in [0.5, 0.6) is 0 Å². The van der Waals surface area contributed by atoms with Crippen molar-refractivity contribution in [2.24, 2.45) is 0 Å². The molecule has 0 spiro atoms. The molecule has 0 aromatic heterocycles. The van der Waals surface area contributed by atoms with E-state index >= 15 is 0 Å². The van der Waals surface area contributed by atoms with Gasteiger partial charge in [0.1, 0.15) is 0 Å². The molecule has 0 nitrogen and oxygen atoms in total. The van der Waals surface area contributed by atoms with Gasteiger partial charge in [-0.05, 0) is 37.2 Å². The first-order valence-corrected chi connectivity index (χ1v) is 23.9. The second kappa shape index (κ2) is 19.7. The van der Waals surface area contributed by atoms with Crippen LogP contribution in [0.25, 0.3) is 0 Å². The van der Waals surface area contributed by atoms with E-state index in [0.717, 1.165) is 0 Å². The smallest absolute Gasteiger partial charge is 0.202 e. The van der Waals surface area contributed by atoms with Crippen molar-refractivity contribution in [3.8, 4) is 0 Å². The van der Waals surface area contributed by atoms with E-state index in [0.29, 0.717) is 0 Å². The van der Waals surface area contributed by atoms with Crippen LogP contribution in [-0.2, 0) is 27.9 Å². The zero-order chi connectivity index (χ0) is 39.8. The Kier molecular flexibility index (Phi) is 14.8. The molecule has 0 atom stereocenters. The van der Waals surface area contributed by atoms with E-state index in [1.165, 1.54) is 58.9 Å². The Labute approximate surface area is 362 Å². The van der Waals surface area contributed by atoms with Crippen molar-refractivity contribution >= 4 is 71.5 Å².